The quantitative estimate of drug-likeness (QED) is 0.725. The molecule has 0 heterocycles. The maximum Gasteiger partial charge on any atom is 0.260 e. The van der Waals surface area contributed by atoms with Crippen molar-refractivity contribution in [2.75, 3.05) is 20.2 Å². The number of nitrogens with zero attached hydrogens (tertiary/aromatic N) is 1. The number of halogens is 1. The average Bonchev–Trinajstić information content (AvgIpc) is 2.65. The molecule has 0 radical (unpaired) electrons. The van der Waals surface area contributed by atoms with Crippen molar-refractivity contribution in [1.82, 2.24) is 10.2 Å². The number of hydrogen-bond donors (Lipinski definition) is 1. The summed E-state index contributed by atoms with van der Waals surface area (Å²) in [4.78, 5) is 37.7. The Bertz CT molecular complexity index is 871. The predicted octanol–water partition coefficient (Wildman–Crippen LogP) is 2.81. The van der Waals surface area contributed by atoms with Crippen LogP contribution in [-0.4, -0.2) is 48.2 Å². The molecule has 0 atom stereocenters. The largest absolute Gasteiger partial charge is 0.484 e. The number of ketones is 1. The van der Waals surface area contributed by atoms with E-state index < -0.39 is 5.82 Å². The predicted molar refractivity (Wildman–Crippen MR) is 107 cm³/mol. The molecule has 2 rings (SSSR count). The molecule has 0 bridgehead atoms. The minimum atomic E-state index is -0.407. The molecule has 0 saturated carbocycles. The zero-order valence-electron chi connectivity index (χ0n) is 17.0. The number of nitrogens with one attached hydrogen (secondary N) is 1. The van der Waals surface area contributed by atoms with E-state index in [4.69, 9.17) is 4.74 Å². The number of likely N-dealkylation sites (N-methyl/N-ethyl adjacent to an activating group) is 1. The first kappa shape index (κ1) is 22.1. The highest BCUT2D eigenvalue weighted by molar-refractivity contribution is 6.09. The Hall–Kier alpha value is -3.22. The van der Waals surface area contributed by atoms with Crippen molar-refractivity contribution in [3.8, 4) is 5.75 Å². The van der Waals surface area contributed by atoms with Crippen LogP contribution in [0, 0.1) is 5.82 Å². The molecule has 7 heteroatoms. The topological polar surface area (TPSA) is 75.7 Å². The van der Waals surface area contributed by atoms with Gasteiger partial charge in [0.25, 0.3) is 5.91 Å². The van der Waals surface area contributed by atoms with Gasteiger partial charge < -0.3 is 15.0 Å². The normalized spacial score (nSPS) is 10.9. The minimum absolute atomic E-state index is 0.0649. The first-order valence-electron chi connectivity index (χ1n) is 9.13. The van der Waals surface area contributed by atoms with Gasteiger partial charge in [-0.25, -0.2) is 4.39 Å². The Morgan fingerprint density at radius 1 is 0.966 bits per heavy atom. The Labute approximate surface area is 169 Å². The maximum absolute atomic E-state index is 13.0. The van der Waals surface area contributed by atoms with E-state index in [-0.39, 0.29) is 36.3 Å². The van der Waals surface area contributed by atoms with E-state index in [1.165, 1.54) is 36.2 Å². The van der Waals surface area contributed by atoms with Gasteiger partial charge in [-0.05, 0) is 69.3 Å². The molecule has 6 nitrogen and oxygen atoms in total. The van der Waals surface area contributed by atoms with E-state index in [0.29, 0.717) is 16.9 Å². The molecule has 154 valence electrons. The second kappa shape index (κ2) is 9.32. The Morgan fingerprint density at radius 2 is 1.48 bits per heavy atom. The molecule has 2 aromatic rings. The Kier molecular flexibility index (Phi) is 7.09. The summed E-state index contributed by atoms with van der Waals surface area (Å²) in [6.07, 6.45) is 0. The molecule has 0 aromatic heterocycles. The lowest BCUT2D eigenvalue weighted by molar-refractivity contribution is -0.136. The molecule has 2 aromatic carbocycles. The molecule has 0 aliphatic rings. The monoisotopic (exact) mass is 400 g/mol. The Morgan fingerprint density at radius 3 is 2.00 bits per heavy atom. The smallest absolute Gasteiger partial charge is 0.260 e. The van der Waals surface area contributed by atoms with E-state index in [1.807, 2.05) is 20.8 Å². The number of hydrogen-bond acceptors (Lipinski definition) is 4. The van der Waals surface area contributed by atoms with E-state index in [1.54, 1.807) is 24.3 Å². The first-order chi connectivity index (χ1) is 13.5. The first-order valence-corrected chi connectivity index (χ1v) is 9.13. The van der Waals surface area contributed by atoms with Crippen molar-refractivity contribution in [2.45, 2.75) is 26.3 Å². The van der Waals surface area contributed by atoms with Crippen LogP contribution in [0.1, 0.15) is 36.7 Å². The van der Waals surface area contributed by atoms with Crippen molar-refractivity contribution in [3.05, 3.63) is 65.5 Å². The van der Waals surface area contributed by atoms with Gasteiger partial charge in [-0.1, -0.05) is 0 Å². The molecule has 0 spiro atoms. The van der Waals surface area contributed by atoms with Gasteiger partial charge in [0.1, 0.15) is 11.6 Å². The van der Waals surface area contributed by atoms with Gasteiger partial charge >= 0.3 is 0 Å². The van der Waals surface area contributed by atoms with Crippen LogP contribution in [-0.2, 0) is 9.59 Å². The molecule has 0 fully saturated rings. The van der Waals surface area contributed by atoms with Crippen molar-refractivity contribution in [3.63, 3.8) is 0 Å². The van der Waals surface area contributed by atoms with Gasteiger partial charge in [0, 0.05) is 23.7 Å². The number of benzene rings is 2. The van der Waals surface area contributed by atoms with Crippen molar-refractivity contribution >= 4 is 17.6 Å². The second-order valence-corrected chi connectivity index (χ2v) is 7.70. The molecule has 2 amide bonds. The summed E-state index contributed by atoms with van der Waals surface area (Å²) >= 11 is 0. The van der Waals surface area contributed by atoms with E-state index in [9.17, 15) is 18.8 Å². The standard InChI is InChI=1S/C22H25FN2O4/c1-22(2,3)24-19(26)13-25(4)20(27)14-29-18-11-7-16(8-12-18)21(28)15-5-9-17(23)10-6-15/h5-12H,13-14H2,1-4H3,(H,24,26). The number of amides is 2. The molecule has 0 unspecified atom stereocenters. The lowest BCUT2D eigenvalue weighted by atomic mass is 10.0. The van der Waals surface area contributed by atoms with E-state index in [0.717, 1.165) is 0 Å². The van der Waals surface area contributed by atoms with Crippen LogP contribution in [0.2, 0.25) is 0 Å². The fourth-order valence-electron chi connectivity index (χ4n) is 2.49. The summed E-state index contributed by atoms with van der Waals surface area (Å²) in [5.74, 6) is -0.827. The highest BCUT2D eigenvalue weighted by Gasteiger charge is 2.18. The summed E-state index contributed by atoms with van der Waals surface area (Å²) in [5, 5.41) is 2.79. The zero-order valence-corrected chi connectivity index (χ0v) is 17.0. The summed E-state index contributed by atoms with van der Waals surface area (Å²) in [6.45, 7) is 5.29. The van der Waals surface area contributed by atoms with Gasteiger partial charge in [0.2, 0.25) is 5.91 Å². The molecule has 29 heavy (non-hydrogen) atoms. The minimum Gasteiger partial charge on any atom is -0.484 e. The van der Waals surface area contributed by atoms with Crippen molar-refractivity contribution in [2.24, 2.45) is 0 Å². The number of ether oxygens (including phenoxy) is 1. The summed E-state index contributed by atoms with van der Waals surface area (Å²) in [7, 11) is 1.53. The molecular formula is C22H25FN2O4. The van der Waals surface area contributed by atoms with Gasteiger partial charge in [0.05, 0.1) is 6.54 Å². The van der Waals surface area contributed by atoms with Crippen LogP contribution in [0.3, 0.4) is 0 Å². The third-order valence-corrected chi connectivity index (χ3v) is 3.91. The summed E-state index contributed by atoms with van der Waals surface area (Å²) in [5.41, 5.74) is 0.432. The van der Waals surface area contributed by atoms with Crippen LogP contribution < -0.4 is 10.1 Å². The lowest BCUT2D eigenvalue weighted by Crippen LogP contribution is -2.47. The molecule has 0 aliphatic heterocycles. The van der Waals surface area contributed by atoms with Crippen LogP contribution >= 0.6 is 0 Å². The van der Waals surface area contributed by atoms with Crippen LogP contribution in [0.15, 0.2) is 48.5 Å². The van der Waals surface area contributed by atoms with Gasteiger partial charge in [-0.2, -0.15) is 0 Å². The second-order valence-electron chi connectivity index (χ2n) is 7.70. The summed E-state index contributed by atoms with van der Waals surface area (Å²) < 4.78 is 18.4. The zero-order chi connectivity index (χ0) is 21.6. The SMILES string of the molecule is CN(CC(=O)NC(C)(C)C)C(=O)COc1ccc(C(=O)c2ccc(F)cc2)cc1. The van der Waals surface area contributed by atoms with Crippen LogP contribution in [0.4, 0.5) is 4.39 Å². The van der Waals surface area contributed by atoms with Crippen LogP contribution in [0.25, 0.3) is 0 Å². The van der Waals surface area contributed by atoms with Gasteiger partial charge in [-0.15, -0.1) is 0 Å². The highest BCUT2D eigenvalue weighted by atomic mass is 19.1. The van der Waals surface area contributed by atoms with Crippen LogP contribution in [0.5, 0.6) is 5.75 Å². The maximum atomic E-state index is 13.0. The fraction of sp³-hybridized carbons (Fsp3) is 0.318. The summed E-state index contributed by atoms with van der Waals surface area (Å²) in [6, 6.07) is 11.6. The number of rotatable bonds is 7. The highest BCUT2D eigenvalue weighted by Crippen LogP contribution is 2.16. The lowest BCUT2D eigenvalue weighted by Gasteiger charge is -2.23. The average molecular weight is 400 g/mol. The fourth-order valence-corrected chi connectivity index (χ4v) is 2.49. The van der Waals surface area contributed by atoms with Crippen molar-refractivity contribution in [1.29, 1.82) is 0 Å². The molecule has 0 aliphatic carbocycles. The Balaban J connectivity index is 1.88. The van der Waals surface area contributed by atoms with E-state index >= 15 is 0 Å². The van der Waals surface area contributed by atoms with Gasteiger partial charge in [0.15, 0.2) is 12.4 Å². The third kappa shape index (κ3) is 7.03. The number of carbonyl (C=O) groups is 3. The third-order valence-electron chi connectivity index (χ3n) is 3.91. The molecule has 0 saturated heterocycles. The molecule has 1 N–H and O–H groups in total. The van der Waals surface area contributed by atoms with Crippen molar-refractivity contribution < 1.29 is 23.5 Å². The van der Waals surface area contributed by atoms with Gasteiger partial charge in [-0.3, -0.25) is 14.4 Å². The molecular weight excluding hydrogens is 375 g/mol. The number of carbonyl (C=O) groups excluding carboxylic acids is 3. The van der Waals surface area contributed by atoms with E-state index in [2.05, 4.69) is 5.32 Å².